The molecule has 16 heavy (non-hydrogen) atoms. The predicted molar refractivity (Wildman–Crippen MR) is 85.5 cm³/mol. The Morgan fingerprint density at radius 1 is 1.12 bits per heavy atom. The van der Waals surface area contributed by atoms with Crippen LogP contribution >= 0.6 is 47.0 Å². The van der Waals surface area contributed by atoms with Crippen molar-refractivity contribution in [1.82, 2.24) is 0 Å². The molecule has 3 unspecified atom stereocenters. The zero-order valence-electron chi connectivity index (χ0n) is 10.0. The van der Waals surface area contributed by atoms with E-state index in [-0.39, 0.29) is 0 Å². The molecule has 0 nitrogen and oxygen atoms in total. The van der Waals surface area contributed by atoms with Gasteiger partial charge in [0.15, 0.2) is 0 Å². The highest BCUT2D eigenvalue weighted by atomic mass is 32.2. The third-order valence-electron chi connectivity index (χ3n) is 2.80. The highest BCUT2D eigenvalue weighted by Crippen LogP contribution is 2.34. The summed E-state index contributed by atoms with van der Waals surface area (Å²) < 4.78 is 0. The molecule has 2 heterocycles. The van der Waals surface area contributed by atoms with E-state index in [2.05, 4.69) is 54.0 Å². The Morgan fingerprint density at radius 3 is 2.38 bits per heavy atom. The molecule has 0 spiro atoms. The second-order valence-electron chi connectivity index (χ2n) is 4.77. The van der Waals surface area contributed by atoms with Gasteiger partial charge in [-0.2, -0.15) is 47.0 Å². The maximum atomic E-state index is 2.43. The van der Waals surface area contributed by atoms with Crippen LogP contribution in [0.4, 0.5) is 0 Å². The zero-order valence-corrected chi connectivity index (χ0v) is 13.3. The molecule has 0 radical (unpaired) electrons. The first kappa shape index (κ1) is 13.8. The summed E-state index contributed by atoms with van der Waals surface area (Å²) in [6, 6.07) is 0. The summed E-state index contributed by atoms with van der Waals surface area (Å²) in [6.45, 7) is 2.43. The lowest BCUT2D eigenvalue weighted by molar-refractivity contribution is 0.588. The topological polar surface area (TPSA) is 0 Å². The molecule has 94 valence electrons. The summed E-state index contributed by atoms with van der Waals surface area (Å²) in [5, 5.41) is 2.04. The molecule has 4 heteroatoms. The van der Waals surface area contributed by atoms with Gasteiger partial charge in [0.1, 0.15) is 0 Å². The minimum absolute atomic E-state index is 0.935. The zero-order chi connectivity index (χ0) is 11.2. The van der Waals surface area contributed by atoms with Gasteiger partial charge < -0.3 is 0 Å². The summed E-state index contributed by atoms with van der Waals surface area (Å²) in [5.74, 6) is 9.39. The highest BCUT2D eigenvalue weighted by Gasteiger charge is 2.22. The fourth-order valence-electron chi connectivity index (χ4n) is 1.56. The molecule has 3 atom stereocenters. The Kier molecular flexibility index (Phi) is 6.70. The van der Waals surface area contributed by atoms with E-state index in [1.165, 1.54) is 47.4 Å². The van der Waals surface area contributed by atoms with Crippen molar-refractivity contribution in [2.24, 2.45) is 5.92 Å². The number of hydrogen-bond donors (Lipinski definition) is 0. The van der Waals surface area contributed by atoms with Gasteiger partial charge in [0, 0.05) is 33.5 Å². The fourth-order valence-corrected chi connectivity index (χ4v) is 5.72. The maximum Gasteiger partial charge on any atom is 0.0229 e. The Morgan fingerprint density at radius 2 is 1.75 bits per heavy atom. The molecule has 0 aromatic carbocycles. The molecule has 0 aliphatic carbocycles. The standard InChI is InChI=1S/C12H22S4/c1-10(5-14-7-12-9-16-12)3-2-4-13-6-11-8-15-11/h10-12H,2-9H2,1H3. The van der Waals surface area contributed by atoms with Crippen molar-refractivity contribution in [2.45, 2.75) is 30.3 Å². The van der Waals surface area contributed by atoms with Gasteiger partial charge in [0.25, 0.3) is 0 Å². The maximum absolute atomic E-state index is 2.43. The average Bonchev–Trinajstić information content (AvgIpc) is 3.12. The monoisotopic (exact) mass is 294 g/mol. The first-order chi connectivity index (χ1) is 7.84. The van der Waals surface area contributed by atoms with Crippen molar-refractivity contribution in [2.75, 3.05) is 34.5 Å². The van der Waals surface area contributed by atoms with E-state index in [4.69, 9.17) is 0 Å². The molecular weight excluding hydrogens is 272 g/mol. The predicted octanol–water partition coefficient (Wildman–Crippen LogP) is 4.10. The van der Waals surface area contributed by atoms with Crippen LogP contribution in [0.5, 0.6) is 0 Å². The van der Waals surface area contributed by atoms with Crippen molar-refractivity contribution >= 4 is 47.0 Å². The highest BCUT2D eigenvalue weighted by molar-refractivity contribution is 8.09. The van der Waals surface area contributed by atoms with Gasteiger partial charge in [-0.3, -0.25) is 0 Å². The molecule has 0 saturated carbocycles. The van der Waals surface area contributed by atoms with Crippen molar-refractivity contribution in [3.8, 4) is 0 Å². The molecular formula is C12H22S4. The van der Waals surface area contributed by atoms with Crippen LogP contribution in [0.25, 0.3) is 0 Å². The summed E-state index contributed by atoms with van der Waals surface area (Å²) in [4.78, 5) is 0. The SMILES string of the molecule is CC(CCCSCC1CS1)CSCC1CS1. The van der Waals surface area contributed by atoms with Gasteiger partial charge in [-0.1, -0.05) is 6.92 Å². The van der Waals surface area contributed by atoms with Gasteiger partial charge in [0.05, 0.1) is 0 Å². The third-order valence-corrected chi connectivity index (χ3v) is 7.82. The lowest BCUT2D eigenvalue weighted by Crippen LogP contribution is -2.01. The molecule has 0 amide bonds. The molecule has 2 aliphatic rings. The van der Waals surface area contributed by atoms with Crippen molar-refractivity contribution in [3.05, 3.63) is 0 Å². The number of thioether (sulfide) groups is 4. The van der Waals surface area contributed by atoms with Crippen LogP contribution in [-0.4, -0.2) is 45.0 Å². The first-order valence-electron chi connectivity index (χ1n) is 6.23. The Hall–Kier alpha value is 1.40. The van der Waals surface area contributed by atoms with Crippen LogP contribution in [0.3, 0.4) is 0 Å². The third kappa shape index (κ3) is 6.97. The summed E-state index contributed by atoms with van der Waals surface area (Å²) in [5.41, 5.74) is 0. The van der Waals surface area contributed by atoms with E-state index in [1.54, 1.807) is 0 Å². The van der Waals surface area contributed by atoms with E-state index in [0.29, 0.717) is 0 Å². The van der Waals surface area contributed by atoms with Gasteiger partial charge in [-0.25, -0.2) is 0 Å². The quantitative estimate of drug-likeness (QED) is 0.439. The van der Waals surface area contributed by atoms with Crippen molar-refractivity contribution in [3.63, 3.8) is 0 Å². The van der Waals surface area contributed by atoms with Crippen LogP contribution < -0.4 is 0 Å². The summed E-state index contributed by atoms with van der Waals surface area (Å²) >= 11 is 8.61. The lowest BCUT2D eigenvalue weighted by atomic mass is 10.1. The summed E-state index contributed by atoms with van der Waals surface area (Å²) in [6.07, 6.45) is 2.87. The van der Waals surface area contributed by atoms with Gasteiger partial charge >= 0.3 is 0 Å². The fraction of sp³-hybridized carbons (Fsp3) is 1.00. The van der Waals surface area contributed by atoms with Crippen LogP contribution in [0.15, 0.2) is 0 Å². The summed E-state index contributed by atoms with van der Waals surface area (Å²) in [7, 11) is 0. The van der Waals surface area contributed by atoms with Gasteiger partial charge in [0.2, 0.25) is 0 Å². The van der Waals surface area contributed by atoms with Gasteiger partial charge in [-0.05, 0) is 30.3 Å². The average molecular weight is 295 g/mol. The molecule has 0 bridgehead atoms. The van der Waals surface area contributed by atoms with Crippen molar-refractivity contribution in [1.29, 1.82) is 0 Å². The molecule has 2 rings (SSSR count). The molecule has 2 fully saturated rings. The smallest absolute Gasteiger partial charge is 0.0229 e. The number of hydrogen-bond acceptors (Lipinski definition) is 4. The largest absolute Gasteiger partial charge is 0.161 e. The van der Waals surface area contributed by atoms with E-state index >= 15 is 0 Å². The first-order valence-corrected chi connectivity index (χ1v) is 10.6. The van der Waals surface area contributed by atoms with Crippen LogP contribution in [0.1, 0.15) is 19.8 Å². The van der Waals surface area contributed by atoms with E-state index in [1.807, 2.05) is 0 Å². The van der Waals surface area contributed by atoms with E-state index in [0.717, 1.165) is 16.4 Å². The Balaban J connectivity index is 1.33. The van der Waals surface area contributed by atoms with E-state index in [9.17, 15) is 0 Å². The molecule has 0 aromatic heterocycles. The molecule has 2 saturated heterocycles. The molecule has 0 aromatic rings. The molecule has 2 aliphatic heterocycles. The minimum atomic E-state index is 0.935. The Labute approximate surface area is 117 Å². The van der Waals surface area contributed by atoms with Crippen molar-refractivity contribution < 1.29 is 0 Å². The minimum Gasteiger partial charge on any atom is -0.161 e. The van der Waals surface area contributed by atoms with Crippen LogP contribution in [-0.2, 0) is 0 Å². The second kappa shape index (κ2) is 7.75. The molecule has 0 N–H and O–H groups in total. The normalized spacial score (nSPS) is 29.1. The van der Waals surface area contributed by atoms with Gasteiger partial charge in [-0.15, -0.1) is 0 Å². The second-order valence-corrected chi connectivity index (χ2v) is 9.66. The Bertz CT molecular complexity index is 189. The van der Waals surface area contributed by atoms with E-state index < -0.39 is 0 Å². The van der Waals surface area contributed by atoms with Crippen LogP contribution in [0, 0.1) is 5.92 Å². The lowest BCUT2D eigenvalue weighted by Gasteiger charge is -2.10. The van der Waals surface area contributed by atoms with Crippen LogP contribution in [0.2, 0.25) is 0 Å². The number of rotatable bonds is 10.